The first-order valence-electron chi connectivity index (χ1n) is 8.02. The fourth-order valence-corrected chi connectivity index (χ4v) is 2.65. The average molecular weight is 354 g/mol. The standard InChI is InChI=1S/C17H24ClN3O3/c1-17(2,21-7-9-24-10-8-21)12-20-15(22)11-19-16(23)13-3-5-14(18)6-4-13/h3-6H,7-12H2,1-2H3,(H,19,23)(H,20,22). The third-order valence-electron chi connectivity index (χ3n) is 4.10. The summed E-state index contributed by atoms with van der Waals surface area (Å²) in [5.41, 5.74) is 0.320. The Morgan fingerprint density at radius 2 is 1.79 bits per heavy atom. The number of halogens is 1. The molecule has 0 bridgehead atoms. The summed E-state index contributed by atoms with van der Waals surface area (Å²) in [6.07, 6.45) is 0. The molecular formula is C17H24ClN3O3. The van der Waals surface area contributed by atoms with Crippen LogP contribution in [0.2, 0.25) is 5.02 Å². The first-order chi connectivity index (χ1) is 11.4. The summed E-state index contributed by atoms with van der Waals surface area (Å²) < 4.78 is 5.35. The second-order valence-electron chi connectivity index (χ2n) is 6.38. The number of morpholine rings is 1. The Morgan fingerprint density at radius 1 is 1.17 bits per heavy atom. The molecule has 0 atom stereocenters. The van der Waals surface area contributed by atoms with Gasteiger partial charge in [0.25, 0.3) is 5.91 Å². The topological polar surface area (TPSA) is 70.7 Å². The summed E-state index contributed by atoms with van der Waals surface area (Å²) in [5, 5.41) is 6.05. The van der Waals surface area contributed by atoms with E-state index in [0.29, 0.717) is 30.3 Å². The van der Waals surface area contributed by atoms with Gasteiger partial charge in [-0.05, 0) is 38.1 Å². The molecule has 132 valence electrons. The van der Waals surface area contributed by atoms with E-state index in [-0.39, 0.29) is 23.9 Å². The highest BCUT2D eigenvalue weighted by molar-refractivity contribution is 6.30. The number of carbonyl (C=O) groups excluding carboxylic acids is 2. The first kappa shape index (κ1) is 18.7. The Kier molecular flexibility index (Phi) is 6.60. The van der Waals surface area contributed by atoms with Crippen LogP contribution in [0.1, 0.15) is 24.2 Å². The molecule has 0 aromatic heterocycles. The van der Waals surface area contributed by atoms with Gasteiger partial charge in [0.1, 0.15) is 0 Å². The molecule has 2 amide bonds. The smallest absolute Gasteiger partial charge is 0.251 e. The van der Waals surface area contributed by atoms with Gasteiger partial charge in [-0.15, -0.1) is 0 Å². The van der Waals surface area contributed by atoms with Crippen LogP contribution >= 0.6 is 11.6 Å². The van der Waals surface area contributed by atoms with Gasteiger partial charge in [-0.3, -0.25) is 14.5 Å². The lowest BCUT2D eigenvalue weighted by atomic mass is 10.0. The Hall–Kier alpha value is -1.63. The fraction of sp³-hybridized carbons (Fsp3) is 0.529. The van der Waals surface area contributed by atoms with E-state index in [1.807, 2.05) is 0 Å². The number of nitrogens with zero attached hydrogens (tertiary/aromatic N) is 1. The molecule has 2 N–H and O–H groups in total. The molecule has 6 nitrogen and oxygen atoms in total. The predicted molar refractivity (Wildman–Crippen MR) is 93.3 cm³/mol. The normalized spacial score (nSPS) is 15.8. The quantitative estimate of drug-likeness (QED) is 0.808. The minimum atomic E-state index is -0.297. The maximum absolute atomic E-state index is 12.0. The van der Waals surface area contributed by atoms with Gasteiger partial charge in [-0.1, -0.05) is 11.6 Å². The maximum atomic E-state index is 12.0. The summed E-state index contributed by atoms with van der Waals surface area (Å²) in [6, 6.07) is 6.52. The van der Waals surface area contributed by atoms with E-state index in [2.05, 4.69) is 29.4 Å². The number of rotatable bonds is 6. The van der Waals surface area contributed by atoms with Crippen LogP contribution in [-0.4, -0.2) is 61.6 Å². The van der Waals surface area contributed by atoms with E-state index in [1.54, 1.807) is 24.3 Å². The van der Waals surface area contributed by atoms with Crippen molar-refractivity contribution in [3.05, 3.63) is 34.9 Å². The zero-order valence-corrected chi connectivity index (χ0v) is 14.9. The molecule has 0 radical (unpaired) electrons. The molecule has 1 heterocycles. The largest absolute Gasteiger partial charge is 0.379 e. The molecule has 1 fully saturated rings. The molecule has 2 rings (SSSR count). The fourth-order valence-electron chi connectivity index (χ4n) is 2.52. The summed E-state index contributed by atoms with van der Waals surface area (Å²) in [6.45, 7) is 7.79. The number of hydrogen-bond donors (Lipinski definition) is 2. The third-order valence-corrected chi connectivity index (χ3v) is 4.35. The number of benzene rings is 1. The second kappa shape index (κ2) is 8.46. The van der Waals surface area contributed by atoms with Crippen molar-refractivity contribution in [1.82, 2.24) is 15.5 Å². The minimum absolute atomic E-state index is 0.0549. The molecule has 0 saturated carbocycles. The van der Waals surface area contributed by atoms with Crippen LogP contribution in [0.3, 0.4) is 0 Å². The van der Waals surface area contributed by atoms with Crippen LogP contribution in [0, 0.1) is 0 Å². The lowest BCUT2D eigenvalue weighted by Gasteiger charge is -2.40. The molecule has 0 unspecified atom stereocenters. The monoisotopic (exact) mass is 353 g/mol. The van der Waals surface area contributed by atoms with Gasteiger partial charge < -0.3 is 15.4 Å². The summed E-state index contributed by atoms with van der Waals surface area (Å²) in [5.74, 6) is -0.507. The van der Waals surface area contributed by atoms with Gasteiger partial charge in [0.2, 0.25) is 5.91 Å². The molecule has 1 aliphatic heterocycles. The molecule has 0 spiro atoms. The van der Waals surface area contributed by atoms with Crippen molar-refractivity contribution >= 4 is 23.4 Å². The number of nitrogens with one attached hydrogen (secondary N) is 2. The van der Waals surface area contributed by atoms with Gasteiger partial charge in [0, 0.05) is 35.8 Å². The van der Waals surface area contributed by atoms with Gasteiger partial charge in [0.15, 0.2) is 0 Å². The molecule has 1 saturated heterocycles. The Bertz CT molecular complexity index is 569. The van der Waals surface area contributed by atoms with Crippen molar-refractivity contribution in [3.63, 3.8) is 0 Å². The molecule has 1 aliphatic rings. The van der Waals surface area contributed by atoms with Crippen molar-refractivity contribution in [2.45, 2.75) is 19.4 Å². The lowest BCUT2D eigenvalue weighted by Crippen LogP contribution is -2.56. The van der Waals surface area contributed by atoms with Gasteiger partial charge in [0.05, 0.1) is 19.8 Å². The SMILES string of the molecule is CC(C)(CNC(=O)CNC(=O)c1ccc(Cl)cc1)N1CCOCC1. The Labute approximate surface area is 147 Å². The van der Waals surface area contributed by atoms with Crippen LogP contribution in [0.15, 0.2) is 24.3 Å². The number of ether oxygens (including phenoxy) is 1. The highest BCUT2D eigenvalue weighted by atomic mass is 35.5. The van der Waals surface area contributed by atoms with Crippen LogP contribution in [0.4, 0.5) is 0 Å². The zero-order chi connectivity index (χ0) is 17.6. The van der Waals surface area contributed by atoms with E-state index < -0.39 is 0 Å². The Morgan fingerprint density at radius 3 is 2.42 bits per heavy atom. The molecular weight excluding hydrogens is 330 g/mol. The Balaban J connectivity index is 1.74. The van der Waals surface area contributed by atoms with Crippen LogP contribution in [-0.2, 0) is 9.53 Å². The van der Waals surface area contributed by atoms with Crippen molar-refractivity contribution in [3.8, 4) is 0 Å². The highest BCUT2D eigenvalue weighted by Gasteiger charge is 2.28. The van der Waals surface area contributed by atoms with Crippen molar-refractivity contribution in [1.29, 1.82) is 0 Å². The van der Waals surface area contributed by atoms with Crippen molar-refractivity contribution in [2.24, 2.45) is 0 Å². The number of amides is 2. The zero-order valence-electron chi connectivity index (χ0n) is 14.1. The lowest BCUT2D eigenvalue weighted by molar-refractivity contribution is -0.120. The van der Waals surface area contributed by atoms with Crippen LogP contribution in [0.5, 0.6) is 0 Å². The number of hydrogen-bond acceptors (Lipinski definition) is 4. The average Bonchev–Trinajstić information content (AvgIpc) is 2.59. The van der Waals surface area contributed by atoms with Gasteiger partial charge in [-0.25, -0.2) is 0 Å². The van der Waals surface area contributed by atoms with Gasteiger partial charge in [-0.2, -0.15) is 0 Å². The van der Waals surface area contributed by atoms with Crippen molar-refractivity contribution < 1.29 is 14.3 Å². The van der Waals surface area contributed by atoms with E-state index in [9.17, 15) is 9.59 Å². The van der Waals surface area contributed by atoms with Gasteiger partial charge >= 0.3 is 0 Å². The predicted octanol–water partition coefficient (Wildman–Crippen LogP) is 1.30. The highest BCUT2D eigenvalue weighted by Crippen LogP contribution is 2.15. The summed E-state index contributed by atoms with van der Waals surface area (Å²) >= 11 is 5.78. The van der Waals surface area contributed by atoms with E-state index >= 15 is 0 Å². The third kappa shape index (κ3) is 5.47. The second-order valence-corrected chi connectivity index (χ2v) is 6.81. The van der Waals surface area contributed by atoms with Crippen molar-refractivity contribution in [2.75, 3.05) is 39.4 Å². The van der Waals surface area contributed by atoms with E-state index in [1.165, 1.54) is 0 Å². The summed E-state index contributed by atoms with van der Waals surface area (Å²) in [7, 11) is 0. The van der Waals surface area contributed by atoms with Crippen LogP contribution in [0.25, 0.3) is 0 Å². The maximum Gasteiger partial charge on any atom is 0.251 e. The molecule has 1 aromatic carbocycles. The molecule has 0 aliphatic carbocycles. The minimum Gasteiger partial charge on any atom is -0.379 e. The van der Waals surface area contributed by atoms with Crippen LogP contribution < -0.4 is 10.6 Å². The molecule has 24 heavy (non-hydrogen) atoms. The van der Waals surface area contributed by atoms with E-state index in [4.69, 9.17) is 16.3 Å². The molecule has 7 heteroatoms. The molecule has 1 aromatic rings. The summed E-state index contributed by atoms with van der Waals surface area (Å²) in [4.78, 5) is 26.2. The first-order valence-corrected chi connectivity index (χ1v) is 8.39. The van der Waals surface area contributed by atoms with E-state index in [0.717, 1.165) is 13.1 Å². The number of carbonyl (C=O) groups is 2.